The Morgan fingerprint density at radius 3 is 2.13 bits per heavy atom. The standard InChI is InChI=1S/C31H38N6O9S/c1-47-12-11-23(34-28(42)21(32)14-19-16-33-22-10-6-5-9-20(19)22)29(43)36-25(15-26(38)39)30(44)35-24(13-18-7-3-2-4-8-18)31(45)37-46-17-27(40)41/h2-10,16,21,23-25,33H,11-15,17,32H2,1H3,(H,34,42)(H,35,44)(H,36,43)(H,37,45)(H,38,39)(H,40,41)/t21-,23-,24-,25-/m0/s1. The zero-order valence-electron chi connectivity index (χ0n) is 25.6. The molecule has 0 radical (unpaired) electrons. The Bertz CT molecular complexity index is 1550. The molecule has 0 spiro atoms. The molecule has 2 aromatic carbocycles. The van der Waals surface area contributed by atoms with E-state index in [-0.39, 0.29) is 19.3 Å². The lowest BCUT2D eigenvalue weighted by atomic mass is 10.0. The lowest BCUT2D eigenvalue weighted by molar-refractivity contribution is -0.150. The van der Waals surface area contributed by atoms with Crippen LogP contribution in [-0.4, -0.2) is 93.5 Å². The van der Waals surface area contributed by atoms with Crippen LogP contribution >= 0.6 is 11.8 Å². The largest absolute Gasteiger partial charge is 0.481 e. The number of aliphatic carboxylic acids is 2. The monoisotopic (exact) mass is 670 g/mol. The van der Waals surface area contributed by atoms with E-state index in [0.717, 1.165) is 16.5 Å². The van der Waals surface area contributed by atoms with Gasteiger partial charge in [-0.15, -0.1) is 0 Å². The fraction of sp³-hybridized carbons (Fsp3) is 0.355. The van der Waals surface area contributed by atoms with Crippen LogP contribution < -0.4 is 27.2 Å². The highest BCUT2D eigenvalue weighted by molar-refractivity contribution is 7.98. The average Bonchev–Trinajstić information content (AvgIpc) is 3.44. The van der Waals surface area contributed by atoms with Crippen molar-refractivity contribution in [3.63, 3.8) is 0 Å². The van der Waals surface area contributed by atoms with E-state index in [1.54, 1.807) is 42.8 Å². The second kappa shape index (κ2) is 18.3. The summed E-state index contributed by atoms with van der Waals surface area (Å²) in [6.07, 6.45) is 2.99. The number of aromatic nitrogens is 1. The van der Waals surface area contributed by atoms with Crippen molar-refractivity contribution in [2.45, 2.75) is 49.9 Å². The number of rotatable bonds is 19. The third kappa shape index (κ3) is 11.7. The van der Waals surface area contributed by atoms with Crippen molar-refractivity contribution < 1.29 is 43.8 Å². The molecular weight excluding hydrogens is 632 g/mol. The first-order valence-electron chi connectivity index (χ1n) is 14.6. The fourth-order valence-corrected chi connectivity index (χ4v) is 5.11. The van der Waals surface area contributed by atoms with Crippen LogP contribution in [0.2, 0.25) is 0 Å². The molecule has 0 aliphatic rings. The highest BCUT2D eigenvalue weighted by Gasteiger charge is 2.32. The SMILES string of the molecule is CSCC[C@H](NC(=O)[C@@H](N)Cc1c[nH]c2ccccc12)C(=O)N[C@@H](CC(=O)O)C(=O)N[C@@H](Cc1ccccc1)C(=O)NOCC(=O)O. The Labute approximate surface area is 274 Å². The molecule has 1 aromatic heterocycles. The van der Waals surface area contributed by atoms with Crippen LogP contribution in [0, 0.1) is 0 Å². The van der Waals surface area contributed by atoms with E-state index in [2.05, 4.69) is 25.8 Å². The van der Waals surface area contributed by atoms with Crippen LogP contribution in [0.5, 0.6) is 0 Å². The number of amides is 4. The quantitative estimate of drug-likeness (QED) is 0.0795. The maximum absolute atomic E-state index is 13.4. The van der Waals surface area contributed by atoms with E-state index in [9.17, 15) is 33.9 Å². The average molecular weight is 671 g/mol. The Morgan fingerprint density at radius 2 is 1.45 bits per heavy atom. The van der Waals surface area contributed by atoms with E-state index in [4.69, 9.17) is 10.8 Å². The maximum atomic E-state index is 13.4. The van der Waals surface area contributed by atoms with Gasteiger partial charge in [0.25, 0.3) is 5.91 Å². The van der Waals surface area contributed by atoms with Crippen molar-refractivity contribution in [2.75, 3.05) is 18.6 Å². The first-order valence-corrected chi connectivity index (χ1v) is 16.0. The normalized spacial score (nSPS) is 13.5. The molecule has 0 bridgehead atoms. The first-order chi connectivity index (χ1) is 22.5. The number of carboxylic acids is 2. The fourth-order valence-electron chi connectivity index (χ4n) is 4.64. The zero-order valence-corrected chi connectivity index (χ0v) is 26.4. The molecule has 0 aliphatic heterocycles. The number of H-pyrrole nitrogens is 1. The molecule has 4 atom stereocenters. The molecule has 9 N–H and O–H groups in total. The van der Waals surface area contributed by atoms with Gasteiger partial charge < -0.3 is 36.9 Å². The second-order valence-electron chi connectivity index (χ2n) is 10.6. The van der Waals surface area contributed by atoms with E-state index in [1.807, 2.05) is 29.7 Å². The van der Waals surface area contributed by atoms with Crippen LogP contribution in [0.3, 0.4) is 0 Å². The lowest BCUT2D eigenvalue weighted by Gasteiger charge is -2.25. The minimum atomic E-state index is -1.64. The van der Waals surface area contributed by atoms with E-state index in [1.165, 1.54) is 11.8 Å². The lowest BCUT2D eigenvalue weighted by Crippen LogP contribution is -2.58. The van der Waals surface area contributed by atoms with Crippen LogP contribution in [0.4, 0.5) is 0 Å². The molecule has 0 unspecified atom stereocenters. The van der Waals surface area contributed by atoms with Crippen molar-refractivity contribution in [3.8, 4) is 0 Å². The molecule has 0 aliphatic carbocycles. The summed E-state index contributed by atoms with van der Waals surface area (Å²) in [7, 11) is 0. The third-order valence-electron chi connectivity index (χ3n) is 6.99. The van der Waals surface area contributed by atoms with Gasteiger partial charge in [0.05, 0.1) is 12.5 Å². The van der Waals surface area contributed by atoms with E-state index in [0.29, 0.717) is 11.3 Å². The van der Waals surface area contributed by atoms with E-state index < -0.39 is 72.8 Å². The summed E-state index contributed by atoms with van der Waals surface area (Å²) in [6, 6.07) is 10.9. The summed E-state index contributed by atoms with van der Waals surface area (Å²) in [5.74, 6) is -5.65. The van der Waals surface area contributed by atoms with Gasteiger partial charge in [-0.1, -0.05) is 48.5 Å². The predicted molar refractivity (Wildman–Crippen MR) is 173 cm³/mol. The van der Waals surface area contributed by atoms with Crippen LogP contribution in [0.25, 0.3) is 10.9 Å². The number of nitrogens with one attached hydrogen (secondary N) is 5. The number of hydroxylamine groups is 1. The number of nitrogens with two attached hydrogens (primary N) is 1. The number of para-hydroxylation sites is 1. The summed E-state index contributed by atoms with van der Waals surface area (Å²) < 4.78 is 0. The molecule has 15 nitrogen and oxygen atoms in total. The molecule has 47 heavy (non-hydrogen) atoms. The van der Waals surface area contributed by atoms with Gasteiger partial charge in [-0.3, -0.25) is 28.8 Å². The number of carboxylic acid groups (broad SMARTS) is 2. The molecule has 0 saturated heterocycles. The number of aromatic amines is 1. The van der Waals surface area contributed by atoms with Gasteiger partial charge in [0.1, 0.15) is 18.1 Å². The summed E-state index contributed by atoms with van der Waals surface area (Å²) in [5, 5.41) is 26.6. The summed E-state index contributed by atoms with van der Waals surface area (Å²) in [4.78, 5) is 82.9. The number of carbonyl (C=O) groups excluding carboxylic acids is 4. The first kappa shape index (κ1) is 36.5. The molecule has 1 heterocycles. The molecule has 0 saturated carbocycles. The Kier molecular flexibility index (Phi) is 14.2. The minimum absolute atomic E-state index is 0.0662. The van der Waals surface area contributed by atoms with Crippen molar-refractivity contribution >= 4 is 58.2 Å². The van der Waals surface area contributed by atoms with Crippen molar-refractivity contribution in [1.82, 2.24) is 26.4 Å². The molecular formula is C31H38N6O9S. The molecule has 3 aromatic rings. The van der Waals surface area contributed by atoms with Gasteiger partial charge in [0.15, 0.2) is 6.61 Å². The van der Waals surface area contributed by atoms with Crippen molar-refractivity contribution in [2.24, 2.45) is 5.73 Å². The number of benzene rings is 2. The molecule has 0 fully saturated rings. The zero-order chi connectivity index (χ0) is 34.3. The van der Waals surface area contributed by atoms with Crippen molar-refractivity contribution in [1.29, 1.82) is 0 Å². The van der Waals surface area contributed by atoms with Gasteiger partial charge in [-0.25, -0.2) is 10.3 Å². The Hall–Kier alpha value is -4.93. The number of hydrogen-bond donors (Lipinski definition) is 8. The molecule has 252 valence electrons. The summed E-state index contributed by atoms with van der Waals surface area (Å²) >= 11 is 1.41. The predicted octanol–water partition coefficient (Wildman–Crippen LogP) is 0.0950. The van der Waals surface area contributed by atoms with Crippen molar-refractivity contribution in [3.05, 3.63) is 71.9 Å². The van der Waals surface area contributed by atoms with Gasteiger partial charge in [-0.2, -0.15) is 11.8 Å². The number of hydrogen-bond acceptors (Lipinski definition) is 9. The Balaban J connectivity index is 1.72. The van der Waals surface area contributed by atoms with E-state index >= 15 is 0 Å². The van der Waals surface area contributed by atoms with Gasteiger partial charge in [0.2, 0.25) is 17.7 Å². The smallest absolute Gasteiger partial charge is 0.332 e. The summed E-state index contributed by atoms with van der Waals surface area (Å²) in [6.45, 7) is -0.843. The minimum Gasteiger partial charge on any atom is -0.481 e. The Morgan fingerprint density at radius 1 is 0.809 bits per heavy atom. The summed E-state index contributed by atoms with van der Waals surface area (Å²) in [5.41, 5.74) is 10.5. The highest BCUT2D eigenvalue weighted by Crippen LogP contribution is 2.19. The number of fused-ring (bicyclic) bond motifs is 1. The number of carbonyl (C=O) groups is 6. The van der Waals surface area contributed by atoms with Crippen LogP contribution in [-0.2, 0) is 46.4 Å². The molecule has 4 amide bonds. The number of thioether (sulfide) groups is 1. The highest BCUT2D eigenvalue weighted by atomic mass is 32.2. The van der Waals surface area contributed by atoms with Gasteiger partial charge in [-0.05, 0) is 42.0 Å². The molecule has 16 heteroatoms. The maximum Gasteiger partial charge on any atom is 0.332 e. The van der Waals surface area contributed by atoms with Gasteiger partial charge in [0, 0.05) is 23.5 Å². The third-order valence-corrected chi connectivity index (χ3v) is 7.63. The second-order valence-corrected chi connectivity index (χ2v) is 11.6. The molecule has 3 rings (SSSR count). The van der Waals surface area contributed by atoms with Gasteiger partial charge >= 0.3 is 11.9 Å². The van der Waals surface area contributed by atoms with Crippen LogP contribution in [0.15, 0.2) is 60.8 Å². The van der Waals surface area contributed by atoms with Crippen LogP contribution in [0.1, 0.15) is 24.0 Å². The topological polar surface area (TPSA) is 242 Å².